The third-order valence-corrected chi connectivity index (χ3v) is 4.95. The molecule has 5 nitrogen and oxygen atoms in total. The van der Waals surface area contributed by atoms with E-state index in [0.717, 1.165) is 29.2 Å². The van der Waals surface area contributed by atoms with Crippen molar-refractivity contribution in [1.82, 2.24) is 0 Å². The number of thiol groups is 1. The van der Waals surface area contributed by atoms with Crippen molar-refractivity contribution in [1.29, 1.82) is 0 Å². The van der Waals surface area contributed by atoms with Crippen LogP contribution in [0.4, 0.5) is 11.4 Å². The molecule has 0 atom stereocenters. The third kappa shape index (κ3) is 5.50. The van der Waals surface area contributed by atoms with Gasteiger partial charge in [-0.15, -0.1) is 12.6 Å². The highest BCUT2D eigenvalue weighted by Gasteiger charge is 2.15. The molecule has 1 aliphatic rings. The number of carbonyl (C=O) groups excluding carboxylic acids is 1. The summed E-state index contributed by atoms with van der Waals surface area (Å²) in [6, 6.07) is 12.8. The number of carbonyl (C=O) groups is 1. The summed E-state index contributed by atoms with van der Waals surface area (Å²) in [4.78, 5) is 17.1. The average molecular weight is 384 g/mol. The molecule has 0 radical (unpaired) electrons. The number of ether oxygens (including phenoxy) is 1. The Morgan fingerprint density at radius 1 is 1.15 bits per heavy atom. The lowest BCUT2D eigenvalue weighted by atomic mass is 9.98. The van der Waals surface area contributed by atoms with Crippen LogP contribution in [0.1, 0.15) is 42.5 Å². The molecule has 0 heterocycles. The Bertz CT molecular complexity index is 800. The average Bonchev–Trinajstić information content (AvgIpc) is 2.69. The summed E-state index contributed by atoms with van der Waals surface area (Å²) in [5.74, 6) is 0.659. The topological polar surface area (TPSA) is 62.7 Å². The maximum atomic E-state index is 12.5. The van der Waals surface area contributed by atoms with Gasteiger partial charge in [0, 0.05) is 23.2 Å². The summed E-state index contributed by atoms with van der Waals surface area (Å²) in [7, 11) is 1.69. The molecule has 27 heavy (non-hydrogen) atoms. The molecule has 1 fully saturated rings. The molecule has 0 aromatic heterocycles. The third-order valence-electron chi connectivity index (χ3n) is 4.58. The first-order chi connectivity index (χ1) is 13.2. The van der Waals surface area contributed by atoms with E-state index in [2.05, 4.69) is 28.3 Å². The normalized spacial score (nSPS) is 14.9. The number of nitrogens with zero attached hydrogens (tertiary/aromatic N) is 1. The lowest BCUT2D eigenvalue weighted by molar-refractivity contribution is 0.102. The monoisotopic (exact) mass is 383 g/mol. The predicted octanol–water partition coefficient (Wildman–Crippen LogP) is 5.01. The number of hydrogen-bond donors (Lipinski definition) is 3. The highest BCUT2D eigenvalue weighted by atomic mass is 32.1. The van der Waals surface area contributed by atoms with E-state index in [4.69, 9.17) is 4.74 Å². The SMILES string of the molecule is CN=CNc1ccc(NC(=O)c2ccc(OC3CCCCC3)cc2)cc1S. The minimum atomic E-state index is -0.164. The summed E-state index contributed by atoms with van der Waals surface area (Å²) in [6.07, 6.45) is 7.89. The van der Waals surface area contributed by atoms with Crippen molar-refractivity contribution >= 4 is 36.2 Å². The number of aliphatic imine (C=N–C) groups is 1. The fraction of sp³-hybridized carbons (Fsp3) is 0.333. The molecule has 2 N–H and O–H groups in total. The zero-order valence-electron chi connectivity index (χ0n) is 15.4. The summed E-state index contributed by atoms with van der Waals surface area (Å²) < 4.78 is 6.01. The molecule has 0 saturated heterocycles. The first-order valence-electron chi connectivity index (χ1n) is 9.24. The quantitative estimate of drug-likeness (QED) is 0.373. The van der Waals surface area contributed by atoms with Gasteiger partial charge in [0.1, 0.15) is 5.75 Å². The second kappa shape index (κ2) is 9.46. The molecule has 0 bridgehead atoms. The summed E-state index contributed by atoms with van der Waals surface area (Å²) in [5, 5.41) is 5.91. The van der Waals surface area contributed by atoms with Gasteiger partial charge in [-0.25, -0.2) is 0 Å². The van der Waals surface area contributed by atoms with Crippen LogP contribution in [0.2, 0.25) is 0 Å². The van der Waals surface area contributed by atoms with Crippen LogP contribution >= 0.6 is 12.6 Å². The molecule has 0 unspecified atom stereocenters. The number of anilines is 2. The van der Waals surface area contributed by atoms with Crippen molar-refractivity contribution in [3.05, 3.63) is 48.0 Å². The maximum Gasteiger partial charge on any atom is 0.255 e. The molecule has 0 aliphatic heterocycles. The molecule has 1 amide bonds. The molecule has 142 valence electrons. The van der Waals surface area contributed by atoms with E-state index < -0.39 is 0 Å². The van der Waals surface area contributed by atoms with Crippen LogP contribution < -0.4 is 15.4 Å². The number of amides is 1. The Kier molecular flexibility index (Phi) is 6.76. The number of hydrogen-bond acceptors (Lipinski definition) is 4. The number of nitrogens with one attached hydrogen (secondary N) is 2. The Balaban J connectivity index is 1.59. The van der Waals surface area contributed by atoms with Gasteiger partial charge >= 0.3 is 0 Å². The van der Waals surface area contributed by atoms with Crippen molar-refractivity contribution in [2.24, 2.45) is 4.99 Å². The molecule has 1 saturated carbocycles. The van der Waals surface area contributed by atoms with Gasteiger partial charge in [-0.05, 0) is 68.1 Å². The summed E-state index contributed by atoms with van der Waals surface area (Å²) >= 11 is 4.43. The molecular weight excluding hydrogens is 358 g/mol. The van der Waals surface area contributed by atoms with E-state index in [-0.39, 0.29) is 5.91 Å². The number of benzene rings is 2. The van der Waals surface area contributed by atoms with E-state index in [0.29, 0.717) is 17.4 Å². The summed E-state index contributed by atoms with van der Waals surface area (Å²) in [5.41, 5.74) is 2.10. The molecule has 0 spiro atoms. The molecular formula is C21H25N3O2S. The second-order valence-electron chi connectivity index (χ2n) is 6.62. The first kappa shape index (κ1) is 19.3. The fourth-order valence-corrected chi connectivity index (χ4v) is 3.41. The van der Waals surface area contributed by atoms with Gasteiger partial charge in [0.25, 0.3) is 5.91 Å². The highest BCUT2D eigenvalue weighted by Crippen LogP contribution is 2.25. The molecule has 3 rings (SSSR count). The number of rotatable bonds is 6. The molecule has 2 aromatic rings. The minimum Gasteiger partial charge on any atom is -0.490 e. The van der Waals surface area contributed by atoms with Crippen LogP contribution in [0.3, 0.4) is 0 Å². The Hall–Kier alpha value is -2.47. The Morgan fingerprint density at radius 2 is 1.89 bits per heavy atom. The van der Waals surface area contributed by atoms with Crippen molar-refractivity contribution in [2.75, 3.05) is 17.7 Å². The van der Waals surface area contributed by atoms with E-state index in [1.807, 2.05) is 24.3 Å². The van der Waals surface area contributed by atoms with Crippen molar-refractivity contribution in [3.63, 3.8) is 0 Å². The van der Waals surface area contributed by atoms with Crippen LogP contribution in [0.25, 0.3) is 0 Å². The van der Waals surface area contributed by atoms with E-state index >= 15 is 0 Å². The van der Waals surface area contributed by atoms with Crippen molar-refractivity contribution < 1.29 is 9.53 Å². The van der Waals surface area contributed by atoms with Gasteiger partial charge in [0.15, 0.2) is 0 Å². The maximum absolute atomic E-state index is 12.5. The Morgan fingerprint density at radius 3 is 2.56 bits per heavy atom. The van der Waals surface area contributed by atoms with Crippen molar-refractivity contribution in [3.8, 4) is 5.75 Å². The van der Waals surface area contributed by atoms with Gasteiger partial charge in [0.2, 0.25) is 0 Å². The van der Waals surface area contributed by atoms with Crippen LogP contribution in [0.5, 0.6) is 5.75 Å². The fourth-order valence-electron chi connectivity index (χ4n) is 3.13. The van der Waals surface area contributed by atoms with Gasteiger partial charge in [-0.1, -0.05) is 6.42 Å². The van der Waals surface area contributed by atoms with E-state index in [1.54, 1.807) is 31.6 Å². The van der Waals surface area contributed by atoms with E-state index in [1.165, 1.54) is 19.3 Å². The van der Waals surface area contributed by atoms with E-state index in [9.17, 15) is 4.79 Å². The van der Waals surface area contributed by atoms with Gasteiger partial charge < -0.3 is 15.4 Å². The first-order valence-corrected chi connectivity index (χ1v) is 9.68. The van der Waals surface area contributed by atoms with Crippen LogP contribution in [0, 0.1) is 0 Å². The lowest BCUT2D eigenvalue weighted by Gasteiger charge is -2.23. The smallest absolute Gasteiger partial charge is 0.255 e. The minimum absolute atomic E-state index is 0.164. The van der Waals surface area contributed by atoms with Gasteiger partial charge in [-0.3, -0.25) is 9.79 Å². The summed E-state index contributed by atoms with van der Waals surface area (Å²) in [6.45, 7) is 0. The van der Waals surface area contributed by atoms with Crippen molar-refractivity contribution in [2.45, 2.75) is 43.1 Å². The predicted molar refractivity (Wildman–Crippen MR) is 114 cm³/mol. The van der Waals surface area contributed by atoms with Crippen LogP contribution in [-0.4, -0.2) is 25.4 Å². The Labute approximate surface area is 165 Å². The highest BCUT2D eigenvalue weighted by molar-refractivity contribution is 7.80. The molecule has 6 heteroatoms. The zero-order valence-corrected chi connectivity index (χ0v) is 16.3. The molecule has 1 aliphatic carbocycles. The lowest BCUT2D eigenvalue weighted by Crippen LogP contribution is -2.19. The van der Waals surface area contributed by atoms with Crippen LogP contribution in [0.15, 0.2) is 52.4 Å². The second-order valence-corrected chi connectivity index (χ2v) is 7.10. The molecule has 2 aromatic carbocycles. The largest absolute Gasteiger partial charge is 0.490 e. The van der Waals surface area contributed by atoms with Gasteiger partial charge in [-0.2, -0.15) is 0 Å². The zero-order chi connectivity index (χ0) is 19.1. The van der Waals surface area contributed by atoms with Gasteiger partial charge in [0.05, 0.1) is 18.1 Å². The van der Waals surface area contributed by atoms with Crippen LogP contribution in [-0.2, 0) is 0 Å². The standard InChI is InChI=1S/C21H25N3O2S/c1-22-14-23-19-12-9-16(13-20(19)27)24-21(25)15-7-10-18(11-8-15)26-17-5-3-2-4-6-17/h7-14,17,27H,2-6H2,1H3,(H,22,23)(H,24,25).